The Morgan fingerprint density at radius 2 is 2.00 bits per heavy atom. The van der Waals surface area contributed by atoms with E-state index in [9.17, 15) is 0 Å². The Hall–Kier alpha value is -0.540. The van der Waals surface area contributed by atoms with E-state index in [1.807, 2.05) is 24.3 Å². The van der Waals surface area contributed by atoms with Crippen LogP contribution in [0.25, 0.3) is 0 Å². The van der Waals surface area contributed by atoms with E-state index in [1.165, 1.54) is 10.4 Å². The number of hydrogen-bond donors (Lipinski definition) is 1. The SMILES string of the molecule is CCC(NC(C)c1ccc(Cl)s1)c1cccc(Cl)c1. The minimum Gasteiger partial charge on any atom is -0.303 e. The highest BCUT2D eigenvalue weighted by molar-refractivity contribution is 7.16. The van der Waals surface area contributed by atoms with Crippen molar-refractivity contribution in [1.82, 2.24) is 5.32 Å². The van der Waals surface area contributed by atoms with Gasteiger partial charge in [0, 0.05) is 22.0 Å². The van der Waals surface area contributed by atoms with Gasteiger partial charge in [-0.15, -0.1) is 11.3 Å². The smallest absolute Gasteiger partial charge is 0.0931 e. The van der Waals surface area contributed by atoms with Crippen LogP contribution < -0.4 is 5.32 Å². The van der Waals surface area contributed by atoms with Crippen molar-refractivity contribution in [2.75, 3.05) is 0 Å². The highest BCUT2D eigenvalue weighted by Crippen LogP contribution is 2.29. The van der Waals surface area contributed by atoms with Gasteiger partial charge in [0.2, 0.25) is 0 Å². The Morgan fingerprint density at radius 3 is 2.58 bits per heavy atom. The van der Waals surface area contributed by atoms with Crippen LogP contribution in [-0.2, 0) is 0 Å². The third-order valence-electron chi connectivity index (χ3n) is 3.13. The maximum absolute atomic E-state index is 6.06. The predicted molar refractivity (Wildman–Crippen MR) is 85.4 cm³/mol. The summed E-state index contributed by atoms with van der Waals surface area (Å²) in [5.74, 6) is 0. The molecule has 2 rings (SSSR count). The fourth-order valence-corrected chi connectivity index (χ4v) is 3.39. The zero-order chi connectivity index (χ0) is 13.8. The molecule has 0 amide bonds. The van der Waals surface area contributed by atoms with Crippen LogP contribution in [0.15, 0.2) is 36.4 Å². The maximum Gasteiger partial charge on any atom is 0.0931 e. The second-order valence-electron chi connectivity index (χ2n) is 4.55. The molecular formula is C15H17Cl2NS. The standard InChI is InChI=1S/C15H17Cl2NS/c1-3-13(11-5-4-6-12(16)9-11)18-10(2)14-7-8-15(17)19-14/h4-10,13,18H,3H2,1-2H3. The lowest BCUT2D eigenvalue weighted by Crippen LogP contribution is -2.23. The lowest BCUT2D eigenvalue weighted by atomic mass is 10.0. The van der Waals surface area contributed by atoms with Crippen molar-refractivity contribution in [1.29, 1.82) is 0 Å². The maximum atomic E-state index is 6.06. The quantitative estimate of drug-likeness (QED) is 0.729. The van der Waals surface area contributed by atoms with Crippen molar-refractivity contribution in [2.45, 2.75) is 32.4 Å². The first-order valence-electron chi connectivity index (χ1n) is 6.37. The molecule has 2 aromatic rings. The van der Waals surface area contributed by atoms with Crippen LogP contribution in [0.5, 0.6) is 0 Å². The molecule has 0 bridgehead atoms. The summed E-state index contributed by atoms with van der Waals surface area (Å²) in [6.07, 6.45) is 1.02. The Kier molecular flexibility index (Phi) is 5.28. The van der Waals surface area contributed by atoms with Gasteiger partial charge in [-0.2, -0.15) is 0 Å². The second-order valence-corrected chi connectivity index (χ2v) is 6.73. The van der Waals surface area contributed by atoms with Gasteiger partial charge in [0.25, 0.3) is 0 Å². The Morgan fingerprint density at radius 1 is 1.21 bits per heavy atom. The molecule has 1 N–H and O–H groups in total. The zero-order valence-corrected chi connectivity index (χ0v) is 13.3. The molecule has 0 saturated carbocycles. The van der Waals surface area contributed by atoms with E-state index < -0.39 is 0 Å². The van der Waals surface area contributed by atoms with Crippen molar-refractivity contribution in [3.63, 3.8) is 0 Å². The molecule has 1 aromatic carbocycles. The molecule has 2 unspecified atom stereocenters. The molecule has 0 saturated heterocycles. The second kappa shape index (κ2) is 6.76. The van der Waals surface area contributed by atoms with Crippen molar-refractivity contribution in [3.8, 4) is 0 Å². The summed E-state index contributed by atoms with van der Waals surface area (Å²) in [5, 5.41) is 4.41. The van der Waals surface area contributed by atoms with Crippen molar-refractivity contribution in [3.05, 3.63) is 56.2 Å². The van der Waals surface area contributed by atoms with Gasteiger partial charge in [-0.05, 0) is 43.2 Å². The summed E-state index contributed by atoms with van der Waals surface area (Å²) < 4.78 is 0.833. The first-order valence-corrected chi connectivity index (χ1v) is 7.94. The van der Waals surface area contributed by atoms with E-state index >= 15 is 0 Å². The average molecular weight is 314 g/mol. The molecule has 0 aliphatic carbocycles. The normalized spacial score (nSPS) is 14.3. The van der Waals surface area contributed by atoms with Crippen LogP contribution in [0.1, 0.15) is 42.8 Å². The summed E-state index contributed by atoms with van der Waals surface area (Å²) in [6.45, 7) is 4.34. The van der Waals surface area contributed by atoms with Crippen LogP contribution in [0, 0.1) is 0 Å². The summed E-state index contributed by atoms with van der Waals surface area (Å²) in [6, 6.07) is 12.6. The van der Waals surface area contributed by atoms with Crippen LogP contribution in [-0.4, -0.2) is 0 Å². The summed E-state index contributed by atoms with van der Waals surface area (Å²) in [7, 11) is 0. The molecule has 4 heteroatoms. The van der Waals surface area contributed by atoms with Gasteiger partial charge in [0.1, 0.15) is 0 Å². The molecule has 1 aromatic heterocycles. The third kappa shape index (κ3) is 3.96. The van der Waals surface area contributed by atoms with Gasteiger partial charge in [-0.1, -0.05) is 42.3 Å². The highest BCUT2D eigenvalue weighted by Gasteiger charge is 2.15. The lowest BCUT2D eigenvalue weighted by Gasteiger charge is -2.22. The third-order valence-corrected chi connectivity index (χ3v) is 4.78. The van der Waals surface area contributed by atoms with Gasteiger partial charge in [-0.25, -0.2) is 0 Å². The fraction of sp³-hybridized carbons (Fsp3) is 0.333. The first kappa shape index (κ1) is 14.9. The average Bonchev–Trinajstić information content (AvgIpc) is 2.82. The number of nitrogens with one attached hydrogen (secondary N) is 1. The van der Waals surface area contributed by atoms with E-state index in [0.717, 1.165) is 15.8 Å². The lowest BCUT2D eigenvalue weighted by molar-refractivity contribution is 0.460. The number of rotatable bonds is 5. The summed E-state index contributed by atoms with van der Waals surface area (Å²) >= 11 is 13.7. The molecule has 1 nitrogen and oxygen atoms in total. The van der Waals surface area contributed by atoms with Gasteiger partial charge < -0.3 is 5.32 Å². The van der Waals surface area contributed by atoms with Crippen molar-refractivity contribution in [2.24, 2.45) is 0 Å². The number of hydrogen-bond acceptors (Lipinski definition) is 2. The van der Waals surface area contributed by atoms with E-state index in [-0.39, 0.29) is 6.04 Å². The number of halogens is 2. The van der Waals surface area contributed by atoms with Crippen LogP contribution in [0.2, 0.25) is 9.36 Å². The van der Waals surface area contributed by atoms with E-state index in [2.05, 4.69) is 31.3 Å². The molecule has 0 radical (unpaired) electrons. The van der Waals surface area contributed by atoms with E-state index in [1.54, 1.807) is 11.3 Å². The van der Waals surface area contributed by atoms with Gasteiger partial charge in [-0.3, -0.25) is 0 Å². The molecule has 0 aliphatic rings. The van der Waals surface area contributed by atoms with Gasteiger partial charge >= 0.3 is 0 Å². The molecule has 0 spiro atoms. The monoisotopic (exact) mass is 313 g/mol. The Labute approximate surface area is 128 Å². The number of thiophene rings is 1. The number of benzene rings is 1. The minimum atomic E-state index is 0.279. The molecular weight excluding hydrogens is 297 g/mol. The Bertz CT molecular complexity index is 538. The Balaban J connectivity index is 2.11. The molecule has 0 fully saturated rings. The highest BCUT2D eigenvalue weighted by atomic mass is 35.5. The zero-order valence-electron chi connectivity index (χ0n) is 11.0. The largest absolute Gasteiger partial charge is 0.303 e. The van der Waals surface area contributed by atoms with E-state index in [4.69, 9.17) is 23.2 Å². The van der Waals surface area contributed by atoms with Crippen LogP contribution in [0.3, 0.4) is 0 Å². The topological polar surface area (TPSA) is 12.0 Å². The van der Waals surface area contributed by atoms with E-state index in [0.29, 0.717) is 6.04 Å². The van der Waals surface area contributed by atoms with Crippen LogP contribution in [0.4, 0.5) is 0 Å². The van der Waals surface area contributed by atoms with Crippen molar-refractivity contribution < 1.29 is 0 Å². The van der Waals surface area contributed by atoms with Crippen LogP contribution >= 0.6 is 34.5 Å². The molecule has 2 atom stereocenters. The molecule has 102 valence electrons. The predicted octanol–water partition coefficient (Wildman–Crippen LogP) is 5.86. The van der Waals surface area contributed by atoms with Gasteiger partial charge in [0.05, 0.1) is 4.34 Å². The molecule has 19 heavy (non-hydrogen) atoms. The summed E-state index contributed by atoms with van der Waals surface area (Å²) in [5.41, 5.74) is 1.23. The van der Waals surface area contributed by atoms with Gasteiger partial charge in [0.15, 0.2) is 0 Å². The minimum absolute atomic E-state index is 0.279. The summed E-state index contributed by atoms with van der Waals surface area (Å²) in [4.78, 5) is 1.26. The molecule has 1 heterocycles. The fourth-order valence-electron chi connectivity index (χ4n) is 2.12. The molecule has 0 aliphatic heterocycles. The first-order chi connectivity index (χ1) is 9.10. The van der Waals surface area contributed by atoms with Crippen molar-refractivity contribution >= 4 is 34.5 Å².